The van der Waals surface area contributed by atoms with Gasteiger partial charge in [0.25, 0.3) is 5.91 Å². The average molecular weight is 396 g/mol. The first-order chi connectivity index (χ1) is 14.0. The minimum absolute atomic E-state index is 0.0671. The third kappa shape index (κ3) is 5.83. The topological polar surface area (TPSA) is 83.1 Å². The number of aromatic nitrogens is 1. The Bertz CT molecular complexity index is 995. The maximum Gasteiger partial charge on any atom is 0.319 e. The molecule has 0 aliphatic carbocycles. The van der Waals surface area contributed by atoms with Gasteiger partial charge in [-0.25, -0.2) is 13.6 Å². The third-order valence-corrected chi connectivity index (χ3v) is 4.06. The number of amides is 3. The number of nitrogens with zero attached hydrogens (tertiary/aromatic N) is 1. The highest BCUT2D eigenvalue weighted by atomic mass is 19.1. The van der Waals surface area contributed by atoms with Crippen LogP contribution < -0.4 is 16.0 Å². The van der Waals surface area contributed by atoms with Gasteiger partial charge in [-0.1, -0.05) is 6.07 Å². The third-order valence-electron chi connectivity index (χ3n) is 4.06. The van der Waals surface area contributed by atoms with Crippen LogP contribution in [0.4, 0.5) is 19.3 Å². The number of carbonyl (C=O) groups is 2. The van der Waals surface area contributed by atoms with Crippen LogP contribution in [0.25, 0.3) is 0 Å². The van der Waals surface area contributed by atoms with E-state index < -0.39 is 17.5 Å². The summed E-state index contributed by atoms with van der Waals surface area (Å²) in [4.78, 5) is 28.0. The predicted molar refractivity (Wildman–Crippen MR) is 104 cm³/mol. The lowest BCUT2D eigenvalue weighted by Gasteiger charge is -2.09. The molecule has 0 bridgehead atoms. The Hall–Kier alpha value is -3.81. The number of nitrogens with one attached hydrogen (secondary N) is 3. The molecule has 29 heavy (non-hydrogen) atoms. The van der Waals surface area contributed by atoms with Crippen LogP contribution in [0.1, 0.15) is 21.5 Å². The lowest BCUT2D eigenvalue weighted by atomic mass is 10.1. The Morgan fingerprint density at radius 2 is 1.59 bits per heavy atom. The Kier molecular flexibility index (Phi) is 6.47. The summed E-state index contributed by atoms with van der Waals surface area (Å²) in [7, 11) is 0. The lowest BCUT2D eigenvalue weighted by Crippen LogP contribution is -2.28. The van der Waals surface area contributed by atoms with Crippen LogP contribution in [0, 0.1) is 11.6 Å². The molecule has 1 aromatic heterocycles. The van der Waals surface area contributed by atoms with Crippen LogP contribution in [0.3, 0.4) is 0 Å². The maximum absolute atomic E-state index is 13.6. The average Bonchev–Trinajstić information content (AvgIpc) is 2.73. The first kappa shape index (κ1) is 19.9. The molecule has 0 radical (unpaired) electrons. The van der Waals surface area contributed by atoms with Gasteiger partial charge in [-0.3, -0.25) is 9.78 Å². The highest BCUT2D eigenvalue weighted by Crippen LogP contribution is 2.12. The van der Waals surface area contributed by atoms with Crippen molar-refractivity contribution in [1.29, 1.82) is 0 Å². The number of benzene rings is 2. The minimum atomic E-state index is -0.720. The lowest BCUT2D eigenvalue weighted by molar-refractivity contribution is 0.0950. The van der Waals surface area contributed by atoms with Crippen LogP contribution >= 0.6 is 0 Å². The zero-order valence-electron chi connectivity index (χ0n) is 15.3. The zero-order valence-corrected chi connectivity index (χ0v) is 15.3. The summed E-state index contributed by atoms with van der Waals surface area (Å²) >= 11 is 0. The summed E-state index contributed by atoms with van der Waals surface area (Å²) in [6.45, 7) is 0.289. The van der Waals surface area contributed by atoms with Crippen LogP contribution in [-0.4, -0.2) is 16.9 Å². The van der Waals surface area contributed by atoms with Crippen LogP contribution in [0.5, 0.6) is 0 Å². The summed E-state index contributed by atoms with van der Waals surface area (Å²) in [5.41, 5.74) is 1.96. The van der Waals surface area contributed by atoms with E-state index in [0.29, 0.717) is 17.8 Å². The first-order valence-corrected chi connectivity index (χ1v) is 8.77. The summed E-state index contributed by atoms with van der Waals surface area (Å²) in [6, 6.07) is 12.6. The summed E-state index contributed by atoms with van der Waals surface area (Å²) < 4.78 is 26.5. The van der Waals surface area contributed by atoms with Crippen molar-refractivity contribution in [3.63, 3.8) is 0 Å². The number of carbonyl (C=O) groups excluding carboxylic acids is 2. The molecule has 0 aliphatic rings. The van der Waals surface area contributed by atoms with Crippen LogP contribution in [0.2, 0.25) is 0 Å². The fourth-order valence-corrected chi connectivity index (χ4v) is 2.51. The van der Waals surface area contributed by atoms with Crippen molar-refractivity contribution in [2.45, 2.75) is 13.1 Å². The number of rotatable bonds is 6. The molecule has 3 rings (SSSR count). The first-order valence-electron chi connectivity index (χ1n) is 8.77. The minimum Gasteiger partial charge on any atom is -0.348 e. The van der Waals surface area contributed by atoms with Gasteiger partial charge in [-0.2, -0.15) is 0 Å². The van der Waals surface area contributed by atoms with Gasteiger partial charge in [0.2, 0.25) is 0 Å². The van der Waals surface area contributed by atoms with Crippen molar-refractivity contribution < 1.29 is 18.4 Å². The Balaban J connectivity index is 1.49. The monoisotopic (exact) mass is 396 g/mol. The molecular weight excluding hydrogens is 378 g/mol. The van der Waals surface area contributed by atoms with E-state index in [9.17, 15) is 18.4 Å². The van der Waals surface area contributed by atoms with E-state index in [1.54, 1.807) is 36.7 Å². The van der Waals surface area contributed by atoms with Gasteiger partial charge in [0.15, 0.2) is 0 Å². The van der Waals surface area contributed by atoms with E-state index in [1.165, 1.54) is 18.2 Å². The standard InChI is InChI=1S/C21H18F2N4O2/c22-17-4-1-16(19(23)11-17)13-25-20(28)15-2-5-18(6-3-15)27-21(29)26-12-14-7-9-24-10-8-14/h1-11H,12-13H2,(H,25,28)(H2,26,27,29). The van der Waals surface area contributed by atoms with Gasteiger partial charge in [0, 0.05) is 48.4 Å². The fourth-order valence-electron chi connectivity index (χ4n) is 2.51. The Morgan fingerprint density at radius 3 is 2.28 bits per heavy atom. The molecular formula is C21H18F2N4O2. The molecule has 0 fully saturated rings. The number of anilines is 1. The van der Waals surface area contributed by atoms with Crippen molar-refractivity contribution in [2.24, 2.45) is 0 Å². The molecule has 1 heterocycles. The largest absolute Gasteiger partial charge is 0.348 e. The molecule has 0 aliphatic heterocycles. The molecule has 6 nitrogen and oxygen atoms in total. The normalized spacial score (nSPS) is 10.3. The number of pyridine rings is 1. The summed E-state index contributed by atoms with van der Waals surface area (Å²) in [6.07, 6.45) is 3.28. The molecule has 3 N–H and O–H groups in total. The van der Waals surface area contributed by atoms with Gasteiger partial charge in [0.05, 0.1) is 0 Å². The van der Waals surface area contributed by atoms with E-state index in [2.05, 4.69) is 20.9 Å². The Morgan fingerprint density at radius 1 is 0.862 bits per heavy atom. The molecule has 3 amide bonds. The number of halogens is 2. The smallest absolute Gasteiger partial charge is 0.319 e. The van der Waals surface area contributed by atoms with Gasteiger partial charge < -0.3 is 16.0 Å². The van der Waals surface area contributed by atoms with Crippen LogP contribution in [0.15, 0.2) is 67.0 Å². The number of urea groups is 1. The molecule has 0 saturated carbocycles. The van der Waals surface area contributed by atoms with E-state index in [1.807, 2.05) is 0 Å². The molecule has 8 heteroatoms. The summed E-state index contributed by atoms with van der Waals surface area (Å²) in [5.74, 6) is -1.81. The maximum atomic E-state index is 13.6. The van der Waals surface area contributed by atoms with E-state index in [-0.39, 0.29) is 18.1 Å². The van der Waals surface area contributed by atoms with Crippen molar-refractivity contribution >= 4 is 17.6 Å². The number of hydrogen-bond acceptors (Lipinski definition) is 3. The van der Waals surface area contributed by atoms with Crippen molar-refractivity contribution in [3.05, 3.63) is 95.3 Å². The second kappa shape index (κ2) is 9.41. The predicted octanol–water partition coefficient (Wildman–Crippen LogP) is 3.61. The van der Waals surface area contributed by atoms with E-state index in [0.717, 1.165) is 17.7 Å². The van der Waals surface area contributed by atoms with E-state index in [4.69, 9.17) is 0 Å². The molecule has 0 spiro atoms. The number of hydrogen-bond donors (Lipinski definition) is 3. The van der Waals surface area contributed by atoms with Crippen molar-refractivity contribution in [1.82, 2.24) is 15.6 Å². The molecule has 148 valence electrons. The summed E-state index contributed by atoms with van der Waals surface area (Å²) in [5, 5.41) is 7.95. The Labute approximate surface area is 166 Å². The highest BCUT2D eigenvalue weighted by Gasteiger charge is 2.09. The van der Waals surface area contributed by atoms with Crippen LogP contribution in [-0.2, 0) is 13.1 Å². The molecule has 3 aromatic rings. The molecule has 0 unspecified atom stereocenters. The van der Waals surface area contributed by atoms with Crippen molar-refractivity contribution in [2.75, 3.05) is 5.32 Å². The van der Waals surface area contributed by atoms with Gasteiger partial charge >= 0.3 is 6.03 Å². The molecule has 0 saturated heterocycles. The van der Waals surface area contributed by atoms with Gasteiger partial charge in [0.1, 0.15) is 11.6 Å². The van der Waals surface area contributed by atoms with E-state index >= 15 is 0 Å². The van der Waals surface area contributed by atoms with Gasteiger partial charge in [-0.05, 0) is 48.0 Å². The molecule has 0 atom stereocenters. The highest BCUT2D eigenvalue weighted by molar-refractivity contribution is 5.95. The molecule has 2 aromatic carbocycles. The van der Waals surface area contributed by atoms with Gasteiger partial charge in [-0.15, -0.1) is 0 Å². The fraction of sp³-hybridized carbons (Fsp3) is 0.0952. The SMILES string of the molecule is O=C(NCc1ccncc1)Nc1ccc(C(=O)NCc2ccc(F)cc2F)cc1. The second-order valence-corrected chi connectivity index (χ2v) is 6.16. The quantitative estimate of drug-likeness (QED) is 0.595. The zero-order chi connectivity index (χ0) is 20.6. The second-order valence-electron chi connectivity index (χ2n) is 6.16. The van der Waals surface area contributed by atoms with Crippen molar-refractivity contribution in [3.8, 4) is 0 Å².